The van der Waals surface area contributed by atoms with Gasteiger partial charge in [0.1, 0.15) is 5.82 Å². The number of carbonyl (C=O) groups is 1. The number of carbonyl (C=O) groups excluding carboxylic acids is 1. The van der Waals surface area contributed by atoms with Crippen LogP contribution in [-0.2, 0) is 9.84 Å². The van der Waals surface area contributed by atoms with Crippen molar-refractivity contribution in [2.45, 2.75) is 12.5 Å². The van der Waals surface area contributed by atoms with E-state index in [1.807, 2.05) is 22.6 Å². The maximum atomic E-state index is 13.2. The number of hydrogen-bond acceptors (Lipinski definition) is 4. The molecule has 2 aliphatic heterocycles. The van der Waals surface area contributed by atoms with Gasteiger partial charge in [-0.1, -0.05) is 0 Å². The molecule has 0 N–H and O–H groups in total. The molecule has 0 aromatic heterocycles. The molecule has 3 rings (SSSR count). The number of benzene rings is 1. The number of amides is 1. The number of nitrogens with zero attached hydrogens (tertiary/aromatic N) is 2. The van der Waals surface area contributed by atoms with Gasteiger partial charge in [-0.25, -0.2) is 12.8 Å². The van der Waals surface area contributed by atoms with Crippen LogP contribution in [0.25, 0.3) is 0 Å². The predicted molar refractivity (Wildman–Crippen MR) is 93.7 cm³/mol. The van der Waals surface area contributed by atoms with Crippen LogP contribution in [0.1, 0.15) is 16.8 Å². The zero-order valence-corrected chi connectivity index (χ0v) is 15.5. The van der Waals surface area contributed by atoms with E-state index < -0.39 is 9.84 Å². The highest BCUT2D eigenvalue weighted by Crippen LogP contribution is 2.21. The second-order valence-electron chi connectivity index (χ2n) is 6.01. The van der Waals surface area contributed by atoms with Crippen molar-refractivity contribution >= 4 is 38.3 Å². The van der Waals surface area contributed by atoms with E-state index in [1.54, 1.807) is 4.90 Å². The Hall–Kier alpha value is -0.740. The lowest BCUT2D eigenvalue weighted by Crippen LogP contribution is -2.52. The number of halogens is 2. The van der Waals surface area contributed by atoms with Gasteiger partial charge in [-0.05, 0) is 47.2 Å². The van der Waals surface area contributed by atoms with Crippen LogP contribution in [0.2, 0.25) is 0 Å². The summed E-state index contributed by atoms with van der Waals surface area (Å²) in [6.45, 7) is 2.51. The second kappa shape index (κ2) is 6.64. The average molecular weight is 452 g/mol. The molecule has 8 heteroatoms. The quantitative estimate of drug-likeness (QED) is 0.637. The smallest absolute Gasteiger partial charge is 0.255 e. The summed E-state index contributed by atoms with van der Waals surface area (Å²) in [7, 11) is -2.89. The molecule has 1 amide bonds. The Morgan fingerprint density at radius 3 is 2.48 bits per heavy atom. The van der Waals surface area contributed by atoms with Gasteiger partial charge in [-0.15, -0.1) is 0 Å². The largest absolute Gasteiger partial charge is 0.336 e. The Balaban J connectivity index is 1.61. The Bertz CT molecular complexity index is 717. The SMILES string of the molecule is O=C(c1ccc(F)cc1I)N1CCN(C2CCS(=O)(=O)C2)CC1. The molecule has 1 atom stereocenters. The molecule has 2 saturated heterocycles. The topological polar surface area (TPSA) is 57.7 Å². The summed E-state index contributed by atoms with van der Waals surface area (Å²) in [5, 5.41) is 0. The first kappa shape index (κ1) is 17.1. The highest BCUT2D eigenvalue weighted by molar-refractivity contribution is 14.1. The molecular formula is C15H18FIN2O3S. The van der Waals surface area contributed by atoms with Gasteiger partial charge >= 0.3 is 0 Å². The molecule has 1 unspecified atom stereocenters. The molecule has 23 heavy (non-hydrogen) atoms. The summed E-state index contributed by atoms with van der Waals surface area (Å²) in [5.74, 6) is 0.0628. The van der Waals surface area contributed by atoms with Crippen LogP contribution in [0.4, 0.5) is 4.39 Å². The molecule has 0 bridgehead atoms. The number of hydrogen-bond donors (Lipinski definition) is 0. The number of piperazine rings is 1. The number of sulfone groups is 1. The van der Waals surface area contributed by atoms with Crippen molar-refractivity contribution in [2.24, 2.45) is 0 Å². The third-order valence-corrected chi connectivity index (χ3v) is 7.13. The van der Waals surface area contributed by atoms with Gasteiger partial charge in [0.25, 0.3) is 5.91 Å². The molecule has 2 fully saturated rings. The van der Waals surface area contributed by atoms with E-state index >= 15 is 0 Å². The van der Waals surface area contributed by atoms with Crippen molar-refractivity contribution in [1.29, 1.82) is 0 Å². The molecule has 1 aromatic carbocycles. The van der Waals surface area contributed by atoms with Gasteiger partial charge in [0.15, 0.2) is 9.84 Å². The molecule has 0 aliphatic carbocycles. The Labute approximate surface area is 148 Å². The summed E-state index contributed by atoms with van der Waals surface area (Å²) in [6, 6.07) is 4.26. The van der Waals surface area contributed by atoms with Gasteiger partial charge < -0.3 is 4.90 Å². The van der Waals surface area contributed by atoms with E-state index in [1.165, 1.54) is 18.2 Å². The summed E-state index contributed by atoms with van der Waals surface area (Å²) in [4.78, 5) is 16.5. The molecule has 0 radical (unpaired) electrons. The van der Waals surface area contributed by atoms with Gasteiger partial charge in [-0.3, -0.25) is 9.69 Å². The van der Waals surface area contributed by atoms with Gasteiger partial charge in [0.2, 0.25) is 0 Å². The Morgan fingerprint density at radius 1 is 1.22 bits per heavy atom. The first-order chi connectivity index (χ1) is 10.9. The van der Waals surface area contributed by atoms with Crippen LogP contribution in [0, 0.1) is 9.39 Å². The monoisotopic (exact) mass is 452 g/mol. The summed E-state index contributed by atoms with van der Waals surface area (Å²) >= 11 is 1.97. The van der Waals surface area contributed by atoms with E-state index in [0.29, 0.717) is 41.7 Å². The minimum absolute atomic E-state index is 0.0863. The molecule has 126 valence electrons. The highest BCUT2D eigenvalue weighted by atomic mass is 127. The van der Waals surface area contributed by atoms with Crippen LogP contribution in [0.15, 0.2) is 18.2 Å². The fourth-order valence-electron chi connectivity index (χ4n) is 3.19. The minimum Gasteiger partial charge on any atom is -0.336 e. The van der Waals surface area contributed by atoms with E-state index in [4.69, 9.17) is 0 Å². The lowest BCUT2D eigenvalue weighted by atomic mass is 10.1. The molecule has 2 aliphatic rings. The molecule has 5 nitrogen and oxygen atoms in total. The number of rotatable bonds is 2. The van der Waals surface area contributed by atoms with Gasteiger partial charge in [-0.2, -0.15) is 0 Å². The van der Waals surface area contributed by atoms with Crippen molar-refractivity contribution in [3.05, 3.63) is 33.1 Å². The summed E-state index contributed by atoms with van der Waals surface area (Å²) in [5.41, 5.74) is 0.517. The first-order valence-electron chi connectivity index (χ1n) is 7.54. The molecule has 1 aromatic rings. The van der Waals surface area contributed by atoms with Crippen molar-refractivity contribution < 1.29 is 17.6 Å². The fraction of sp³-hybridized carbons (Fsp3) is 0.533. The molecule has 0 spiro atoms. The fourth-order valence-corrected chi connectivity index (χ4v) is 5.66. The summed E-state index contributed by atoms with van der Waals surface area (Å²) in [6.07, 6.45) is 0.687. The Kier molecular flexibility index (Phi) is 4.93. The van der Waals surface area contributed by atoms with Gasteiger partial charge in [0.05, 0.1) is 17.1 Å². The molecule has 0 saturated carbocycles. The Morgan fingerprint density at radius 2 is 1.91 bits per heavy atom. The zero-order chi connectivity index (χ0) is 16.6. The van der Waals surface area contributed by atoms with Crippen molar-refractivity contribution in [2.75, 3.05) is 37.7 Å². The second-order valence-corrected chi connectivity index (χ2v) is 9.40. The average Bonchev–Trinajstić information content (AvgIpc) is 2.87. The van der Waals surface area contributed by atoms with E-state index in [-0.39, 0.29) is 29.3 Å². The minimum atomic E-state index is -2.89. The van der Waals surface area contributed by atoms with Gasteiger partial charge in [0, 0.05) is 35.8 Å². The standard InChI is InChI=1S/C15H18FIN2O3S/c16-11-1-2-13(14(17)9-11)15(20)19-6-4-18(5-7-19)12-3-8-23(21,22)10-12/h1-2,9,12H,3-8,10H2. The third kappa shape index (κ3) is 3.85. The van der Waals surface area contributed by atoms with E-state index in [2.05, 4.69) is 4.90 Å². The molecular weight excluding hydrogens is 434 g/mol. The summed E-state index contributed by atoms with van der Waals surface area (Å²) < 4.78 is 36.9. The highest BCUT2D eigenvalue weighted by Gasteiger charge is 2.34. The van der Waals surface area contributed by atoms with Crippen molar-refractivity contribution in [3.63, 3.8) is 0 Å². The van der Waals surface area contributed by atoms with Crippen LogP contribution >= 0.6 is 22.6 Å². The lowest BCUT2D eigenvalue weighted by Gasteiger charge is -2.37. The maximum Gasteiger partial charge on any atom is 0.255 e. The third-order valence-electron chi connectivity index (χ3n) is 4.49. The van der Waals surface area contributed by atoms with Crippen LogP contribution in [0.3, 0.4) is 0 Å². The normalized spacial score (nSPS) is 24.8. The van der Waals surface area contributed by atoms with Crippen LogP contribution in [-0.4, -0.2) is 67.9 Å². The maximum absolute atomic E-state index is 13.2. The van der Waals surface area contributed by atoms with Crippen LogP contribution < -0.4 is 0 Å². The zero-order valence-electron chi connectivity index (χ0n) is 12.5. The van der Waals surface area contributed by atoms with E-state index in [9.17, 15) is 17.6 Å². The van der Waals surface area contributed by atoms with Crippen molar-refractivity contribution in [3.8, 4) is 0 Å². The first-order valence-corrected chi connectivity index (χ1v) is 10.4. The molecule has 2 heterocycles. The predicted octanol–water partition coefficient (Wildman–Crippen LogP) is 1.38. The van der Waals surface area contributed by atoms with Crippen molar-refractivity contribution in [1.82, 2.24) is 9.80 Å². The van der Waals surface area contributed by atoms with Crippen LogP contribution in [0.5, 0.6) is 0 Å². The van der Waals surface area contributed by atoms with E-state index in [0.717, 1.165) is 0 Å². The lowest BCUT2D eigenvalue weighted by molar-refractivity contribution is 0.0587.